The van der Waals surface area contributed by atoms with Gasteiger partial charge in [-0.25, -0.2) is 0 Å². The fourth-order valence-electron chi connectivity index (χ4n) is 2.06. The molecule has 0 amide bonds. The largest absolute Gasteiger partial charge is 0.374 e. The Morgan fingerprint density at radius 2 is 2.41 bits per heavy atom. The molecular weight excluding hydrogens is 216 g/mol. The molecule has 2 fully saturated rings. The second-order valence-corrected chi connectivity index (χ2v) is 4.61. The predicted octanol–water partition coefficient (Wildman–Crippen LogP) is -0.0601. The van der Waals surface area contributed by atoms with Crippen LogP contribution in [0.15, 0.2) is 17.6 Å². The van der Waals surface area contributed by atoms with Gasteiger partial charge in [-0.05, 0) is 12.8 Å². The summed E-state index contributed by atoms with van der Waals surface area (Å²) in [5.41, 5.74) is 5.71. The molecule has 1 aliphatic carbocycles. The van der Waals surface area contributed by atoms with Crippen LogP contribution in [0.2, 0.25) is 0 Å². The van der Waals surface area contributed by atoms with E-state index < -0.39 is 0 Å². The molecule has 2 aliphatic rings. The topological polar surface area (TPSA) is 62.9 Å². The number of ether oxygens (including phenoxy) is 1. The quantitative estimate of drug-likeness (QED) is 0.400. The van der Waals surface area contributed by atoms with Gasteiger partial charge in [0.1, 0.15) is 0 Å². The number of aliphatic imine (C=N–C) groups is 1. The maximum Gasteiger partial charge on any atom is 0.188 e. The first-order valence-corrected chi connectivity index (χ1v) is 6.30. The van der Waals surface area contributed by atoms with E-state index >= 15 is 0 Å². The molecule has 96 valence electrons. The predicted molar refractivity (Wildman–Crippen MR) is 69.0 cm³/mol. The average Bonchev–Trinajstić information content (AvgIpc) is 3.18. The number of nitrogens with zero attached hydrogens (tertiary/aromatic N) is 2. The highest BCUT2D eigenvalue weighted by Crippen LogP contribution is 2.28. The zero-order chi connectivity index (χ0) is 12.1. The second-order valence-electron chi connectivity index (χ2n) is 4.61. The molecule has 0 radical (unpaired) electrons. The number of hydrogen-bond donors (Lipinski definition) is 2. The van der Waals surface area contributed by atoms with Crippen LogP contribution in [0.5, 0.6) is 0 Å². The lowest BCUT2D eigenvalue weighted by atomic mass is 10.2. The van der Waals surface area contributed by atoms with Crippen molar-refractivity contribution < 1.29 is 4.74 Å². The van der Waals surface area contributed by atoms with Gasteiger partial charge in [0.25, 0.3) is 0 Å². The molecule has 0 bridgehead atoms. The van der Waals surface area contributed by atoms with Crippen molar-refractivity contribution in [3.8, 4) is 0 Å². The van der Waals surface area contributed by atoms with Crippen molar-refractivity contribution in [3.63, 3.8) is 0 Å². The number of rotatable bonds is 5. The van der Waals surface area contributed by atoms with Crippen LogP contribution in [0.1, 0.15) is 12.8 Å². The molecule has 0 spiro atoms. The van der Waals surface area contributed by atoms with Crippen LogP contribution in [0, 0.1) is 0 Å². The lowest BCUT2D eigenvalue weighted by Gasteiger charge is -2.32. The summed E-state index contributed by atoms with van der Waals surface area (Å²) in [6.45, 7) is 7.77. The van der Waals surface area contributed by atoms with Gasteiger partial charge >= 0.3 is 0 Å². The van der Waals surface area contributed by atoms with Gasteiger partial charge in [0.05, 0.1) is 19.3 Å². The lowest BCUT2D eigenvalue weighted by molar-refractivity contribution is -0.0259. The summed E-state index contributed by atoms with van der Waals surface area (Å²) in [7, 11) is 0. The first-order valence-electron chi connectivity index (χ1n) is 6.30. The molecule has 5 nitrogen and oxygen atoms in total. The molecule has 1 unspecified atom stereocenters. The van der Waals surface area contributed by atoms with E-state index in [1.165, 1.54) is 12.8 Å². The van der Waals surface area contributed by atoms with E-state index in [-0.39, 0.29) is 6.10 Å². The van der Waals surface area contributed by atoms with Gasteiger partial charge in [-0.15, -0.1) is 6.58 Å². The minimum Gasteiger partial charge on any atom is -0.374 e. The van der Waals surface area contributed by atoms with Crippen LogP contribution in [0.3, 0.4) is 0 Å². The Balaban J connectivity index is 1.72. The maximum absolute atomic E-state index is 5.71. The van der Waals surface area contributed by atoms with Gasteiger partial charge in [-0.3, -0.25) is 9.89 Å². The molecule has 2 rings (SSSR count). The van der Waals surface area contributed by atoms with E-state index in [0.29, 0.717) is 19.0 Å². The Morgan fingerprint density at radius 1 is 1.59 bits per heavy atom. The van der Waals surface area contributed by atoms with E-state index in [1.54, 1.807) is 6.08 Å². The SMILES string of the molecule is C=CCNC(N)=NCC1CN(C2CC2)CCO1. The van der Waals surface area contributed by atoms with Gasteiger partial charge in [0, 0.05) is 25.7 Å². The summed E-state index contributed by atoms with van der Waals surface area (Å²) in [5, 5.41) is 2.96. The van der Waals surface area contributed by atoms with Crippen LogP contribution >= 0.6 is 0 Å². The summed E-state index contributed by atoms with van der Waals surface area (Å²) in [4.78, 5) is 6.79. The normalized spacial score (nSPS) is 26.8. The van der Waals surface area contributed by atoms with Gasteiger partial charge in [0.2, 0.25) is 0 Å². The van der Waals surface area contributed by atoms with Crippen molar-refractivity contribution in [1.82, 2.24) is 10.2 Å². The molecule has 1 aliphatic heterocycles. The van der Waals surface area contributed by atoms with Gasteiger partial charge < -0.3 is 15.8 Å². The molecule has 1 heterocycles. The Kier molecular flexibility index (Phi) is 4.39. The van der Waals surface area contributed by atoms with Crippen LogP contribution in [0.4, 0.5) is 0 Å². The monoisotopic (exact) mass is 238 g/mol. The van der Waals surface area contributed by atoms with Crippen LogP contribution in [-0.4, -0.2) is 55.8 Å². The van der Waals surface area contributed by atoms with E-state index in [9.17, 15) is 0 Å². The van der Waals surface area contributed by atoms with E-state index in [1.807, 2.05) is 0 Å². The smallest absolute Gasteiger partial charge is 0.188 e. The molecule has 3 N–H and O–H groups in total. The molecule has 5 heteroatoms. The lowest BCUT2D eigenvalue weighted by Crippen LogP contribution is -2.45. The fourth-order valence-corrected chi connectivity index (χ4v) is 2.06. The van der Waals surface area contributed by atoms with Crippen LogP contribution in [0.25, 0.3) is 0 Å². The number of guanidine groups is 1. The third kappa shape index (κ3) is 4.02. The van der Waals surface area contributed by atoms with Crippen molar-refractivity contribution in [3.05, 3.63) is 12.7 Å². The van der Waals surface area contributed by atoms with Crippen molar-refractivity contribution in [2.45, 2.75) is 25.0 Å². The van der Waals surface area contributed by atoms with Gasteiger partial charge in [0.15, 0.2) is 5.96 Å². The summed E-state index contributed by atoms with van der Waals surface area (Å²) >= 11 is 0. The van der Waals surface area contributed by atoms with Gasteiger partial charge in [-0.1, -0.05) is 6.08 Å². The Hall–Kier alpha value is -1.07. The number of nitrogens with one attached hydrogen (secondary N) is 1. The Morgan fingerprint density at radius 3 is 3.12 bits per heavy atom. The highest BCUT2D eigenvalue weighted by molar-refractivity contribution is 5.77. The number of hydrogen-bond acceptors (Lipinski definition) is 3. The molecule has 0 aromatic rings. The van der Waals surface area contributed by atoms with E-state index in [4.69, 9.17) is 10.5 Å². The molecule has 17 heavy (non-hydrogen) atoms. The summed E-state index contributed by atoms with van der Waals surface area (Å²) < 4.78 is 5.69. The zero-order valence-corrected chi connectivity index (χ0v) is 10.3. The third-order valence-corrected chi connectivity index (χ3v) is 3.13. The molecular formula is C12H22N4O. The summed E-state index contributed by atoms with van der Waals surface area (Å²) in [6.07, 6.45) is 4.64. The summed E-state index contributed by atoms with van der Waals surface area (Å²) in [5.74, 6) is 0.469. The third-order valence-electron chi connectivity index (χ3n) is 3.13. The van der Waals surface area contributed by atoms with Crippen molar-refractivity contribution in [2.75, 3.05) is 32.8 Å². The van der Waals surface area contributed by atoms with Gasteiger partial charge in [-0.2, -0.15) is 0 Å². The Bertz CT molecular complexity index is 288. The van der Waals surface area contributed by atoms with Crippen molar-refractivity contribution >= 4 is 5.96 Å². The molecule has 1 saturated heterocycles. The van der Waals surface area contributed by atoms with Crippen LogP contribution in [-0.2, 0) is 4.74 Å². The molecule has 1 saturated carbocycles. The minimum atomic E-state index is 0.188. The zero-order valence-electron chi connectivity index (χ0n) is 10.3. The van der Waals surface area contributed by atoms with Crippen molar-refractivity contribution in [1.29, 1.82) is 0 Å². The maximum atomic E-state index is 5.71. The first-order chi connectivity index (χ1) is 8.29. The highest BCUT2D eigenvalue weighted by Gasteiger charge is 2.32. The number of morpholine rings is 1. The van der Waals surface area contributed by atoms with E-state index in [0.717, 1.165) is 25.7 Å². The number of nitrogens with two attached hydrogens (primary N) is 1. The van der Waals surface area contributed by atoms with Crippen molar-refractivity contribution in [2.24, 2.45) is 10.7 Å². The fraction of sp³-hybridized carbons (Fsp3) is 0.750. The highest BCUT2D eigenvalue weighted by atomic mass is 16.5. The Labute approximate surface area is 103 Å². The van der Waals surface area contributed by atoms with Crippen LogP contribution < -0.4 is 11.1 Å². The first kappa shape index (κ1) is 12.4. The molecule has 0 aromatic heterocycles. The molecule has 0 aromatic carbocycles. The van der Waals surface area contributed by atoms with E-state index in [2.05, 4.69) is 21.8 Å². The average molecular weight is 238 g/mol. The summed E-state index contributed by atoms with van der Waals surface area (Å²) in [6, 6.07) is 0.807. The minimum absolute atomic E-state index is 0.188. The molecule has 1 atom stereocenters. The standard InChI is InChI=1S/C12H22N4O/c1-2-5-14-12(13)15-8-11-9-16(6-7-17-11)10-3-4-10/h2,10-11H,1,3-9H2,(H3,13,14,15). The second kappa shape index (κ2) is 6.02.